The lowest BCUT2D eigenvalue weighted by molar-refractivity contribution is 0.0952. The van der Waals surface area contributed by atoms with Crippen LogP contribution in [0.3, 0.4) is 0 Å². The summed E-state index contributed by atoms with van der Waals surface area (Å²) in [6.45, 7) is 6.51. The van der Waals surface area contributed by atoms with Crippen LogP contribution in [0.2, 0.25) is 0 Å². The average molecular weight is 427 g/mol. The van der Waals surface area contributed by atoms with Crippen LogP contribution in [0.25, 0.3) is 5.69 Å². The molecule has 0 spiro atoms. The minimum absolute atomic E-state index is 0.0698. The first kappa shape index (κ1) is 21.7. The molecule has 8 heteroatoms. The molecule has 3 aromatic rings. The summed E-state index contributed by atoms with van der Waals surface area (Å²) in [5.41, 5.74) is 4.39. The van der Waals surface area contributed by atoms with Gasteiger partial charge in [0.1, 0.15) is 0 Å². The number of hydrogen-bond donors (Lipinski definition) is 2. The van der Waals surface area contributed by atoms with Gasteiger partial charge in [-0.15, -0.1) is 0 Å². The van der Waals surface area contributed by atoms with Crippen molar-refractivity contribution in [2.75, 3.05) is 6.54 Å². The number of rotatable bonds is 7. The molecule has 1 aromatic heterocycles. The Morgan fingerprint density at radius 1 is 1.10 bits per heavy atom. The minimum atomic E-state index is -3.70. The first-order valence-corrected chi connectivity index (χ1v) is 11.3. The molecule has 0 aliphatic rings. The van der Waals surface area contributed by atoms with Gasteiger partial charge < -0.3 is 5.32 Å². The van der Waals surface area contributed by atoms with Crippen LogP contribution in [0, 0.1) is 6.92 Å². The molecule has 0 saturated heterocycles. The van der Waals surface area contributed by atoms with Gasteiger partial charge in [0, 0.05) is 6.54 Å². The van der Waals surface area contributed by atoms with E-state index in [2.05, 4.69) is 10.4 Å². The zero-order valence-corrected chi connectivity index (χ0v) is 18.1. The van der Waals surface area contributed by atoms with Crippen molar-refractivity contribution >= 4 is 15.9 Å². The highest BCUT2D eigenvalue weighted by Crippen LogP contribution is 2.23. The number of hydrogen-bond acceptors (Lipinski definition) is 4. The van der Waals surface area contributed by atoms with Crippen LogP contribution >= 0.6 is 0 Å². The fourth-order valence-corrected chi connectivity index (χ4v) is 3.76. The Bertz CT molecular complexity index is 1130. The van der Waals surface area contributed by atoms with Crippen LogP contribution in [-0.2, 0) is 16.4 Å². The highest BCUT2D eigenvalue weighted by atomic mass is 32.2. The highest BCUT2D eigenvalue weighted by molar-refractivity contribution is 7.89. The molecule has 1 amide bonds. The highest BCUT2D eigenvalue weighted by Gasteiger charge is 2.20. The summed E-state index contributed by atoms with van der Waals surface area (Å²) in [5, 5.41) is 12.5. The molecule has 0 saturated carbocycles. The molecule has 2 aromatic carbocycles. The summed E-state index contributed by atoms with van der Waals surface area (Å²) in [6, 6.07) is 14.3. The van der Waals surface area contributed by atoms with Gasteiger partial charge in [0.25, 0.3) is 5.91 Å². The number of aryl methyl sites for hydroxylation is 1. The number of aromatic nitrogens is 2. The summed E-state index contributed by atoms with van der Waals surface area (Å²) in [4.78, 5) is 12.9. The van der Waals surface area contributed by atoms with E-state index in [-0.39, 0.29) is 16.7 Å². The van der Waals surface area contributed by atoms with Crippen molar-refractivity contribution in [1.29, 1.82) is 0 Å². The third-order valence-electron chi connectivity index (χ3n) is 4.83. The Labute approximate surface area is 177 Å². The Morgan fingerprint density at radius 2 is 1.73 bits per heavy atom. The second kappa shape index (κ2) is 8.81. The van der Waals surface area contributed by atoms with Crippen molar-refractivity contribution < 1.29 is 13.2 Å². The number of nitrogens with one attached hydrogen (secondary N) is 1. The van der Waals surface area contributed by atoms with E-state index in [1.54, 1.807) is 18.3 Å². The van der Waals surface area contributed by atoms with Gasteiger partial charge >= 0.3 is 0 Å². The van der Waals surface area contributed by atoms with Gasteiger partial charge in [0.2, 0.25) is 10.0 Å². The van der Waals surface area contributed by atoms with Gasteiger partial charge in [-0.05, 0) is 49.1 Å². The monoisotopic (exact) mass is 426 g/mol. The Balaban J connectivity index is 1.70. The van der Waals surface area contributed by atoms with E-state index in [0.29, 0.717) is 18.5 Å². The van der Waals surface area contributed by atoms with Crippen molar-refractivity contribution in [2.45, 2.75) is 38.0 Å². The number of nitrogens with two attached hydrogens (primary N) is 1. The maximum atomic E-state index is 12.8. The molecule has 0 aliphatic carbocycles. The van der Waals surface area contributed by atoms with E-state index in [1.165, 1.54) is 12.1 Å². The summed E-state index contributed by atoms with van der Waals surface area (Å²) in [6.07, 6.45) is 2.17. The zero-order valence-electron chi connectivity index (χ0n) is 17.3. The van der Waals surface area contributed by atoms with Gasteiger partial charge in [0.15, 0.2) is 0 Å². The molecule has 0 unspecified atom stereocenters. The molecular formula is C22H26N4O3S. The summed E-state index contributed by atoms with van der Waals surface area (Å²) < 4.78 is 24.5. The van der Waals surface area contributed by atoms with Crippen LogP contribution in [0.1, 0.15) is 46.9 Å². The van der Waals surface area contributed by atoms with Crippen molar-refractivity contribution in [1.82, 2.24) is 15.1 Å². The fourth-order valence-electron chi connectivity index (χ4n) is 3.24. The number of carbonyl (C=O) groups is 1. The molecule has 3 N–H and O–H groups in total. The van der Waals surface area contributed by atoms with Crippen LogP contribution in [0.15, 0.2) is 59.6 Å². The zero-order chi connectivity index (χ0) is 21.9. The Kier molecular flexibility index (Phi) is 6.38. The van der Waals surface area contributed by atoms with E-state index < -0.39 is 10.0 Å². The molecule has 0 radical (unpaired) electrons. The first-order chi connectivity index (χ1) is 14.2. The molecule has 1 heterocycles. The normalized spacial score (nSPS) is 11.6. The largest absolute Gasteiger partial charge is 0.352 e. The predicted molar refractivity (Wildman–Crippen MR) is 116 cm³/mol. The van der Waals surface area contributed by atoms with Crippen LogP contribution in [-0.4, -0.2) is 30.7 Å². The molecule has 3 rings (SSSR count). The minimum Gasteiger partial charge on any atom is -0.352 e. The van der Waals surface area contributed by atoms with Crippen molar-refractivity contribution in [2.24, 2.45) is 5.14 Å². The summed E-state index contributed by atoms with van der Waals surface area (Å²) in [7, 11) is -3.70. The van der Waals surface area contributed by atoms with E-state index in [1.807, 2.05) is 49.7 Å². The lowest BCUT2D eigenvalue weighted by Crippen LogP contribution is -2.26. The lowest BCUT2D eigenvalue weighted by atomic mass is 10.0. The van der Waals surface area contributed by atoms with Gasteiger partial charge in [0.05, 0.1) is 28.0 Å². The SMILES string of the molecule is Cc1ccc(-n2ncc(C(=O)NCCc3ccc(S(N)(=O)=O)cc3)c2C(C)C)cc1. The number of benzene rings is 2. The molecule has 30 heavy (non-hydrogen) atoms. The average Bonchev–Trinajstić information content (AvgIpc) is 3.14. The summed E-state index contributed by atoms with van der Waals surface area (Å²) in [5.74, 6) is -0.0708. The van der Waals surface area contributed by atoms with Crippen molar-refractivity contribution in [3.05, 3.63) is 77.1 Å². The van der Waals surface area contributed by atoms with Gasteiger partial charge in [-0.1, -0.05) is 43.7 Å². The van der Waals surface area contributed by atoms with E-state index in [9.17, 15) is 13.2 Å². The smallest absolute Gasteiger partial charge is 0.254 e. The third-order valence-corrected chi connectivity index (χ3v) is 5.76. The van der Waals surface area contributed by atoms with Gasteiger partial charge in [-0.3, -0.25) is 4.79 Å². The van der Waals surface area contributed by atoms with Crippen LogP contribution in [0.5, 0.6) is 0 Å². The number of carbonyl (C=O) groups excluding carboxylic acids is 1. The van der Waals surface area contributed by atoms with E-state index in [0.717, 1.165) is 22.5 Å². The maximum absolute atomic E-state index is 12.8. The summed E-state index contributed by atoms with van der Waals surface area (Å²) >= 11 is 0. The molecule has 0 bridgehead atoms. The van der Waals surface area contributed by atoms with Crippen LogP contribution < -0.4 is 10.5 Å². The first-order valence-electron chi connectivity index (χ1n) is 9.71. The molecule has 7 nitrogen and oxygen atoms in total. The molecule has 0 fully saturated rings. The topological polar surface area (TPSA) is 107 Å². The fraction of sp³-hybridized carbons (Fsp3) is 0.273. The number of amides is 1. The maximum Gasteiger partial charge on any atom is 0.254 e. The molecule has 158 valence electrons. The predicted octanol–water partition coefficient (Wildman–Crippen LogP) is 2.92. The van der Waals surface area contributed by atoms with E-state index >= 15 is 0 Å². The Morgan fingerprint density at radius 3 is 2.30 bits per heavy atom. The quantitative estimate of drug-likeness (QED) is 0.606. The number of primary sulfonamides is 1. The molecular weight excluding hydrogens is 400 g/mol. The second-order valence-electron chi connectivity index (χ2n) is 7.54. The lowest BCUT2D eigenvalue weighted by Gasteiger charge is -2.13. The molecule has 0 aliphatic heterocycles. The van der Waals surface area contributed by atoms with Crippen molar-refractivity contribution in [3.8, 4) is 5.69 Å². The molecule has 0 atom stereocenters. The van der Waals surface area contributed by atoms with E-state index in [4.69, 9.17) is 5.14 Å². The number of nitrogens with zero attached hydrogens (tertiary/aromatic N) is 2. The van der Waals surface area contributed by atoms with Gasteiger partial charge in [-0.25, -0.2) is 18.2 Å². The van der Waals surface area contributed by atoms with Gasteiger partial charge in [-0.2, -0.15) is 5.10 Å². The standard InChI is InChI=1S/C22H26N4O3S/c1-15(2)21-20(14-25-26(21)18-8-4-16(3)5-9-18)22(27)24-13-12-17-6-10-19(11-7-17)30(23,28)29/h4-11,14-15H,12-13H2,1-3H3,(H,24,27)(H2,23,28,29). The second-order valence-corrected chi connectivity index (χ2v) is 9.10. The number of sulfonamides is 1. The van der Waals surface area contributed by atoms with Crippen LogP contribution in [0.4, 0.5) is 0 Å². The van der Waals surface area contributed by atoms with Crippen molar-refractivity contribution in [3.63, 3.8) is 0 Å². The third kappa shape index (κ3) is 4.95. The Hall–Kier alpha value is -2.97.